The highest BCUT2D eigenvalue weighted by Gasteiger charge is 2.15. The Morgan fingerprint density at radius 3 is 2.65 bits per heavy atom. The van der Waals surface area contributed by atoms with E-state index in [9.17, 15) is 4.79 Å². The maximum Gasteiger partial charge on any atom is 0.310 e. The minimum absolute atomic E-state index is 0.513. The summed E-state index contributed by atoms with van der Waals surface area (Å²) in [5.74, 6) is -1.33. The molecule has 0 saturated carbocycles. The molecule has 0 aliphatic carbocycles. The summed E-state index contributed by atoms with van der Waals surface area (Å²) in [5, 5.41) is 10.0. The van der Waals surface area contributed by atoms with Gasteiger partial charge in [-0.05, 0) is 24.6 Å². The standard InChI is InChI=1S/C16H13NO2S/c1-10(16(18)19)12-7-8-14-13(9-12)17-15(20-14)11-5-3-2-4-6-11/h2-10H,1H3,(H,18,19). The first-order valence-electron chi connectivity index (χ1n) is 6.34. The second kappa shape index (κ2) is 5.06. The van der Waals surface area contributed by atoms with E-state index in [2.05, 4.69) is 4.98 Å². The van der Waals surface area contributed by atoms with Gasteiger partial charge in [-0.25, -0.2) is 4.98 Å². The topological polar surface area (TPSA) is 50.2 Å². The number of hydrogen-bond donors (Lipinski definition) is 1. The van der Waals surface area contributed by atoms with Crippen LogP contribution in [-0.4, -0.2) is 16.1 Å². The van der Waals surface area contributed by atoms with E-state index >= 15 is 0 Å². The normalized spacial score (nSPS) is 12.4. The van der Waals surface area contributed by atoms with Gasteiger partial charge in [0.05, 0.1) is 16.1 Å². The summed E-state index contributed by atoms with van der Waals surface area (Å²) in [6.07, 6.45) is 0. The van der Waals surface area contributed by atoms with Gasteiger partial charge in [0.25, 0.3) is 0 Å². The van der Waals surface area contributed by atoms with Gasteiger partial charge in [-0.3, -0.25) is 4.79 Å². The molecular formula is C16H13NO2S. The van der Waals surface area contributed by atoms with E-state index in [1.165, 1.54) is 0 Å². The third kappa shape index (κ3) is 2.30. The number of carbonyl (C=O) groups is 1. The zero-order valence-corrected chi connectivity index (χ0v) is 11.7. The highest BCUT2D eigenvalue weighted by atomic mass is 32.1. The third-order valence-corrected chi connectivity index (χ3v) is 4.39. The quantitative estimate of drug-likeness (QED) is 0.785. The molecule has 1 N–H and O–H groups in total. The zero-order valence-electron chi connectivity index (χ0n) is 10.9. The Kier molecular flexibility index (Phi) is 3.24. The maximum absolute atomic E-state index is 11.0. The summed E-state index contributed by atoms with van der Waals surface area (Å²) >= 11 is 1.62. The van der Waals surface area contributed by atoms with Crippen LogP contribution in [0.15, 0.2) is 48.5 Å². The van der Waals surface area contributed by atoms with Crippen molar-refractivity contribution in [2.75, 3.05) is 0 Å². The molecule has 100 valence electrons. The van der Waals surface area contributed by atoms with Crippen LogP contribution < -0.4 is 0 Å². The predicted octanol–water partition coefficient (Wildman–Crippen LogP) is 4.15. The molecule has 3 rings (SSSR count). The number of aliphatic carboxylic acids is 1. The Morgan fingerprint density at radius 2 is 1.95 bits per heavy atom. The number of rotatable bonds is 3. The highest BCUT2D eigenvalue weighted by Crippen LogP contribution is 2.31. The van der Waals surface area contributed by atoms with E-state index in [-0.39, 0.29) is 0 Å². The highest BCUT2D eigenvalue weighted by molar-refractivity contribution is 7.21. The van der Waals surface area contributed by atoms with Crippen LogP contribution in [0, 0.1) is 0 Å². The molecule has 1 unspecified atom stereocenters. The maximum atomic E-state index is 11.0. The number of benzene rings is 2. The average Bonchev–Trinajstić information content (AvgIpc) is 2.90. The largest absolute Gasteiger partial charge is 0.481 e. The van der Waals surface area contributed by atoms with Gasteiger partial charge >= 0.3 is 5.97 Å². The van der Waals surface area contributed by atoms with E-state index in [1.54, 1.807) is 18.3 Å². The summed E-state index contributed by atoms with van der Waals surface area (Å²) in [6.45, 7) is 1.69. The van der Waals surface area contributed by atoms with Crippen molar-refractivity contribution in [3.8, 4) is 10.6 Å². The fourth-order valence-electron chi connectivity index (χ4n) is 2.06. The second-order valence-electron chi connectivity index (χ2n) is 4.67. The van der Waals surface area contributed by atoms with Crippen LogP contribution in [0.3, 0.4) is 0 Å². The molecule has 0 spiro atoms. The first kappa shape index (κ1) is 12.8. The molecule has 2 aromatic carbocycles. The molecule has 4 heteroatoms. The van der Waals surface area contributed by atoms with E-state index in [0.717, 1.165) is 26.4 Å². The van der Waals surface area contributed by atoms with Crippen LogP contribution in [0.5, 0.6) is 0 Å². The van der Waals surface area contributed by atoms with Crippen molar-refractivity contribution < 1.29 is 9.90 Å². The van der Waals surface area contributed by atoms with Crippen LogP contribution in [0.4, 0.5) is 0 Å². The Labute approximate surface area is 120 Å². The summed E-state index contributed by atoms with van der Waals surface area (Å²) in [6, 6.07) is 15.7. The van der Waals surface area contributed by atoms with Crippen molar-refractivity contribution in [1.82, 2.24) is 4.98 Å². The minimum Gasteiger partial charge on any atom is -0.481 e. The lowest BCUT2D eigenvalue weighted by molar-refractivity contribution is -0.138. The number of thiazole rings is 1. The van der Waals surface area contributed by atoms with E-state index in [0.29, 0.717) is 0 Å². The van der Waals surface area contributed by atoms with Gasteiger partial charge in [0, 0.05) is 5.56 Å². The molecule has 3 aromatic rings. The molecule has 0 aliphatic rings. The van der Waals surface area contributed by atoms with Crippen LogP contribution in [-0.2, 0) is 4.79 Å². The molecule has 3 nitrogen and oxygen atoms in total. The lowest BCUT2D eigenvalue weighted by atomic mass is 10.0. The number of aromatic nitrogens is 1. The van der Waals surface area contributed by atoms with Gasteiger partial charge in [-0.2, -0.15) is 0 Å². The van der Waals surface area contributed by atoms with Crippen LogP contribution in [0.2, 0.25) is 0 Å². The van der Waals surface area contributed by atoms with Gasteiger partial charge in [0.15, 0.2) is 0 Å². The fraction of sp³-hybridized carbons (Fsp3) is 0.125. The Hall–Kier alpha value is -2.20. The van der Waals surface area contributed by atoms with Gasteiger partial charge in [-0.15, -0.1) is 11.3 Å². The van der Waals surface area contributed by atoms with Crippen LogP contribution in [0.1, 0.15) is 18.4 Å². The molecule has 0 fully saturated rings. The molecular weight excluding hydrogens is 270 g/mol. The summed E-state index contributed by atoms with van der Waals surface area (Å²) in [7, 11) is 0. The van der Waals surface area contributed by atoms with Crippen molar-refractivity contribution >= 4 is 27.5 Å². The number of carboxylic acid groups (broad SMARTS) is 1. The minimum atomic E-state index is -0.817. The average molecular weight is 283 g/mol. The van der Waals surface area contributed by atoms with E-state index in [1.807, 2.05) is 48.5 Å². The second-order valence-corrected chi connectivity index (χ2v) is 5.70. The summed E-state index contributed by atoms with van der Waals surface area (Å²) in [5.41, 5.74) is 2.73. The molecule has 1 aromatic heterocycles. The van der Waals surface area contributed by atoms with Crippen molar-refractivity contribution in [1.29, 1.82) is 0 Å². The molecule has 0 bridgehead atoms. The monoisotopic (exact) mass is 283 g/mol. The fourth-order valence-corrected chi connectivity index (χ4v) is 3.01. The Bertz CT molecular complexity index is 765. The van der Waals surface area contributed by atoms with Crippen molar-refractivity contribution in [3.63, 3.8) is 0 Å². The summed E-state index contributed by atoms with van der Waals surface area (Å²) < 4.78 is 1.07. The Morgan fingerprint density at radius 1 is 1.20 bits per heavy atom. The SMILES string of the molecule is CC(C(=O)O)c1ccc2sc(-c3ccccc3)nc2c1. The number of fused-ring (bicyclic) bond motifs is 1. The third-order valence-electron chi connectivity index (χ3n) is 3.30. The number of nitrogens with zero attached hydrogens (tertiary/aromatic N) is 1. The number of carboxylic acids is 1. The van der Waals surface area contributed by atoms with Crippen molar-refractivity contribution in [2.24, 2.45) is 0 Å². The van der Waals surface area contributed by atoms with Crippen molar-refractivity contribution in [2.45, 2.75) is 12.8 Å². The molecule has 0 amide bonds. The van der Waals surface area contributed by atoms with Gasteiger partial charge in [-0.1, -0.05) is 36.4 Å². The van der Waals surface area contributed by atoms with Crippen LogP contribution in [0.25, 0.3) is 20.8 Å². The molecule has 0 aliphatic heterocycles. The van der Waals surface area contributed by atoms with Gasteiger partial charge in [0.2, 0.25) is 0 Å². The molecule has 1 atom stereocenters. The zero-order chi connectivity index (χ0) is 14.1. The first-order chi connectivity index (χ1) is 9.65. The molecule has 0 saturated heterocycles. The van der Waals surface area contributed by atoms with Crippen molar-refractivity contribution in [3.05, 3.63) is 54.1 Å². The van der Waals surface area contributed by atoms with E-state index < -0.39 is 11.9 Å². The summed E-state index contributed by atoms with van der Waals surface area (Å²) in [4.78, 5) is 15.7. The van der Waals surface area contributed by atoms with E-state index in [4.69, 9.17) is 5.11 Å². The first-order valence-corrected chi connectivity index (χ1v) is 7.15. The smallest absolute Gasteiger partial charge is 0.310 e. The van der Waals surface area contributed by atoms with Gasteiger partial charge in [0.1, 0.15) is 5.01 Å². The lowest BCUT2D eigenvalue weighted by Crippen LogP contribution is -2.06. The predicted molar refractivity (Wildman–Crippen MR) is 81.1 cm³/mol. The molecule has 1 heterocycles. The Balaban J connectivity index is 2.06. The lowest BCUT2D eigenvalue weighted by Gasteiger charge is -2.05. The van der Waals surface area contributed by atoms with Gasteiger partial charge < -0.3 is 5.11 Å². The number of hydrogen-bond acceptors (Lipinski definition) is 3. The van der Waals surface area contributed by atoms with Crippen LogP contribution >= 0.6 is 11.3 Å². The molecule has 0 radical (unpaired) electrons. The molecule has 20 heavy (non-hydrogen) atoms.